The molecule has 3 aromatic heterocycles. The van der Waals surface area contributed by atoms with Crippen molar-refractivity contribution in [2.24, 2.45) is 0 Å². The van der Waals surface area contributed by atoms with Crippen LogP contribution in [0.15, 0.2) is 70.4 Å². The fourth-order valence-corrected chi connectivity index (χ4v) is 2.72. The second-order valence-electron chi connectivity index (χ2n) is 5.86. The number of hydrogen-bond donors (Lipinski definition) is 1. The van der Waals surface area contributed by atoms with Crippen LogP contribution in [0.5, 0.6) is 0 Å². The minimum atomic E-state index is -0.232. The summed E-state index contributed by atoms with van der Waals surface area (Å²) in [5, 5.41) is 7.20. The Morgan fingerprint density at radius 2 is 2.04 bits per heavy atom. The van der Waals surface area contributed by atoms with Crippen molar-refractivity contribution in [1.82, 2.24) is 25.0 Å². The van der Waals surface area contributed by atoms with Crippen LogP contribution in [0, 0.1) is 0 Å². The molecule has 0 saturated carbocycles. The van der Waals surface area contributed by atoms with Gasteiger partial charge in [0.2, 0.25) is 17.6 Å². The molecule has 0 unspecified atom stereocenters. The first-order chi connectivity index (χ1) is 13.2. The fourth-order valence-electron chi connectivity index (χ4n) is 2.72. The molecular formula is C19H15N5O3. The summed E-state index contributed by atoms with van der Waals surface area (Å²) in [5.74, 6) is 0.482. The number of fused-ring (bicyclic) bond motifs is 1. The molecule has 0 aliphatic heterocycles. The zero-order valence-electron chi connectivity index (χ0n) is 14.2. The van der Waals surface area contributed by atoms with Gasteiger partial charge in [0.05, 0.1) is 12.1 Å². The number of hydrogen-bond acceptors (Lipinski definition) is 6. The molecular weight excluding hydrogens is 346 g/mol. The lowest BCUT2D eigenvalue weighted by molar-refractivity contribution is -0.121. The summed E-state index contributed by atoms with van der Waals surface area (Å²) < 4.78 is 6.88. The molecule has 0 spiro atoms. The van der Waals surface area contributed by atoms with Crippen molar-refractivity contribution >= 4 is 16.8 Å². The molecule has 0 bridgehead atoms. The third-order valence-electron chi connectivity index (χ3n) is 4.02. The van der Waals surface area contributed by atoms with Crippen molar-refractivity contribution < 1.29 is 9.32 Å². The largest absolute Gasteiger partial charge is 0.345 e. The average Bonchev–Trinajstić information content (AvgIpc) is 3.19. The molecule has 0 aliphatic rings. The van der Waals surface area contributed by atoms with Gasteiger partial charge in [0.15, 0.2) is 5.43 Å². The highest BCUT2D eigenvalue weighted by Crippen LogP contribution is 2.13. The predicted octanol–water partition coefficient (Wildman–Crippen LogP) is 1.76. The first-order valence-electron chi connectivity index (χ1n) is 8.28. The zero-order valence-corrected chi connectivity index (χ0v) is 14.2. The number of carbonyl (C=O) groups is 1. The van der Waals surface area contributed by atoms with Gasteiger partial charge in [0, 0.05) is 35.6 Å². The molecule has 1 aromatic carbocycles. The van der Waals surface area contributed by atoms with Gasteiger partial charge < -0.3 is 14.4 Å². The van der Waals surface area contributed by atoms with Crippen molar-refractivity contribution in [1.29, 1.82) is 0 Å². The van der Waals surface area contributed by atoms with Crippen molar-refractivity contribution in [3.63, 3.8) is 0 Å². The van der Waals surface area contributed by atoms with Gasteiger partial charge in [-0.15, -0.1) is 0 Å². The van der Waals surface area contributed by atoms with Crippen molar-refractivity contribution in [2.45, 2.75) is 13.1 Å². The molecule has 0 fully saturated rings. The lowest BCUT2D eigenvalue weighted by atomic mass is 10.2. The van der Waals surface area contributed by atoms with E-state index in [-0.39, 0.29) is 24.4 Å². The Bertz CT molecular complexity index is 1150. The minimum Gasteiger partial charge on any atom is -0.345 e. The Morgan fingerprint density at radius 1 is 1.15 bits per heavy atom. The van der Waals surface area contributed by atoms with E-state index in [9.17, 15) is 9.59 Å². The maximum absolute atomic E-state index is 12.3. The van der Waals surface area contributed by atoms with Crippen molar-refractivity contribution in [2.75, 3.05) is 0 Å². The summed E-state index contributed by atoms with van der Waals surface area (Å²) in [6.07, 6.45) is 4.90. The monoisotopic (exact) mass is 361 g/mol. The van der Waals surface area contributed by atoms with Crippen LogP contribution in [0.25, 0.3) is 22.3 Å². The standard InChI is InChI=1S/C19H15N5O3/c25-16-7-9-24(15-6-2-1-5-14(15)16)12-17(26)21-11-18-22-19(23-27-18)13-4-3-8-20-10-13/h1-10H,11-12H2,(H,21,26). The Balaban J connectivity index is 1.43. The SMILES string of the molecule is O=C(Cn1ccc(=O)c2ccccc21)NCc1nc(-c2cccnc2)no1. The summed E-state index contributed by atoms with van der Waals surface area (Å²) >= 11 is 0. The van der Waals surface area contributed by atoms with E-state index in [2.05, 4.69) is 20.4 Å². The first-order valence-corrected chi connectivity index (χ1v) is 8.28. The van der Waals surface area contributed by atoms with E-state index in [4.69, 9.17) is 4.52 Å². The van der Waals surface area contributed by atoms with Gasteiger partial charge in [-0.3, -0.25) is 14.6 Å². The number of rotatable bonds is 5. The number of nitrogens with zero attached hydrogens (tertiary/aromatic N) is 4. The molecule has 8 heteroatoms. The lowest BCUT2D eigenvalue weighted by Gasteiger charge is -2.10. The molecule has 8 nitrogen and oxygen atoms in total. The number of amides is 1. The second kappa shape index (κ2) is 7.20. The number of aromatic nitrogens is 4. The average molecular weight is 361 g/mol. The second-order valence-corrected chi connectivity index (χ2v) is 5.86. The smallest absolute Gasteiger partial charge is 0.246 e. The zero-order chi connectivity index (χ0) is 18.6. The van der Waals surface area contributed by atoms with Crippen LogP contribution in [0.2, 0.25) is 0 Å². The minimum absolute atomic E-state index is 0.0731. The van der Waals surface area contributed by atoms with Crippen LogP contribution in [-0.2, 0) is 17.9 Å². The maximum atomic E-state index is 12.3. The van der Waals surface area contributed by atoms with Gasteiger partial charge in [-0.1, -0.05) is 17.3 Å². The topological polar surface area (TPSA) is 103 Å². The summed E-state index contributed by atoms with van der Waals surface area (Å²) in [4.78, 5) is 32.4. The van der Waals surface area contributed by atoms with E-state index >= 15 is 0 Å². The van der Waals surface area contributed by atoms with Gasteiger partial charge in [-0.05, 0) is 24.3 Å². The Labute approximate surface area is 153 Å². The highest BCUT2D eigenvalue weighted by atomic mass is 16.5. The summed E-state index contributed by atoms with van der Waals surface area (Å²) in [5.41, 5.74) is 1.37. The van der Waals surface area contributed by atoms with Gasteiger partial charge in [-0.25, -0.2) is 0 Å². The lowest BCUT2D eigenvalue weighted by Crippen LogP contribution is -2.27. The van der Waals surface area contributed by atoms with E-state index in [0.717, 1.165) is 5.56 Å². The molecule has 0 radical (unpaired) electrons. The number of benzene rings is 1. The fraction of sp³-hybridized carbons (Fsp3) is 0.105. The highest BCUT2D eigenvalue weighted by molar-refractivity contribution is 5.82. The maximum Gasteiger partial charge on any atom is 0.246 e. The Kier molecular flexibility index (Phi) is 4.44. The van der Waals surface area contributed by atoms with Crippen LogP contribution in [0.1, 0.15) is 5.89 Å². The summed E-state index contributed by atoms with van der Waals surface area (Å²) in [6, 6.07) is 12.2. The molecule has 0 saturated heterocycles. The molecule has 1 amide bonds. The van der Waals surface area contributed by atoms with Crippen LogP contribution < -0.4 is 10.7 Å². The van der Waals surface area contributed by atoms with Crippen LogP contribution in [-0.4, -0.2) is 25.6 Å². The van der Waals surface area contributed by atoms with Gasteiger partial charge in [0.1, 0.15) is 6.54 Å². The molecule has 134 valence electrons. The van der Waals surface area contributed by atoms with E-state index in [1.807, 2.05) is 18.2 Å². The Hall–Kier alpha value is -3.81. The molecule has 27 heavy (non-hydrogen) atoms. The summed E-state index contributed by atoms with van der Waals surface area (Å²) in [7, 11) is 0. The van der Waals surface area contributed by atoms with Crippen LogP contribution >= 0.6 is 0 Å². The molecule has 4 aromatic rings. The quantitative estimate of drug-likeness (QED) is 0.581. The van der Waals surface area contributed by atoms with Gasteiger partial charge >= 0.3 is 0 Å². The van der Waals surface area contributed by atoms with E-state index in [1.54, 1.807) is 41.4 Å². The Morgan fingerprint density at radius 3 is 2.89 bits per heavy atom. The summed E-state index contributed by atoms with van der Waals surface area (Å²) in [6.45, 7) is 0.189. The van der Waals surface area contributed by atoms with E-state index < -0.39 is 0 Å². The van der Waals surface area contributed by atoms with Crippen LogP contribution in [0.3, 0.4) is 0 Å². The molecule has 1 N–H and O–H groups in total. The highest BCUT2D eigenvalue weighted by Gasteiger charge is 2.11. The number of para-hydroxylation sites is 1. The van der Waals surface area contributed by atoms with E-state index in [1.165, 1.54) is 6.07 Å². The molecule has 0 aliphatic carbocycles. The normalized spacial score (nSPS) is 10.8. The predicted molar refractivity (Wildman–Crippen MR) is 97.6 cm³/mol. The number of nitrogens with one attached hydrogen (secondary N) is 1. The third-order valence-corrected chi connectivity index (χ3v) is 4.02. The van der Waals surface area contributed by atoms with Crippen molar-refractivity contribution in [3.8, 4) is 11.4 Å². The molecule has 3 heterocycles. The molecule has 4 rings (SSSR count). The van der Waals surface area contributed by atoms with E-state index in [0.29, 0.717) is 22.6 Å². The molecule has 0 atom stereocenters. The number of pyridine rings is 2. The number of carbonyl (C=O) groups excluding carboxylic acids is 1. The van der Waals surface area contributed by atoms with Crippen LogP contribution in [0.4, 0.5) is 0 Å². The third kappa shape index (κ3) is 3.59. The van der Waals surface area contributed by atoms with Crippen molar-refractivity contribution in [3.05, 3.63) is 77.2 Å². The van der Waals surface area contributed by atoms with Gasteiger partial charge in [-0.2, -0.15) is 4.98 Å². The first kappa shape index (κ1) is 16.6. The van der Waals surface area contributed by atoms with Gasteiger partial charge in [0.25, 0.3) is 0 Å².